The van der Waals surface area contributed by atoms with Gasteiger partial charge in [0, 0.05) is 11.8 Å². The van der Waals surface area contributed by atoms with Crippen LogP contribution in [0.25, 0.3) is 0 Å². The van der Waals surface area contributed by atoms with Gasteiger partial charge in [-0.1, -0.05) is 0 Å². The molecule has 0 saturated carbocycles. The lowest BCUT2D eigenvalue weighted by molar-refractivity contribution is -0.862. The standard InChI is InChI=1S/C19H18F3N3O4/c1-25(10-17(27)24-13-4-3-12(20)18(21)19(13)22)9-16(26)23-11-2-5-14-15(8-11)29-7-6-28-14/h2-5,8H,6-7,9-10H2,1H3,(H,23,26)(H,24,27)/p+1. The normalized spacial score (nSPS) is 13.5. The van der Waals surface area contributed by atoms with Crippen molar-refractivity contribution in [3.05, 3.63) is 47.8 Å². The van der Waals surface area contributed by atoms with Gasteiger partial charge in [-0.05, 0) is 24.3 Å². The fourth-order valence-electron chi connectivity index (χ4n) is 2.75. The van der Waals surface area contributed by atoms with E-state index in [0.717, 1.165) is 6.07 Å². The van der Waals surface area contributed by atoms with Crippen LogP contribution in [0.15, 0.2) is 30.3 Å². The summed E-state index contributed by atoms with van der Waals surface area (Å²) in [6.45, 7) is 0.642. The number of nitrogens with one attached hydrogen (secondary N) is 3. The number of hydrogen-bond donors (Lipinski definition) is 3. The lowest BCUT2D eigenvalue weighted by atomic mass is 10.2. The maximum Gasteiger partial charge on any atom is 0.279 e. The number of ether oxygens (including phenoxy) is 2. The minimum atomic E-state index is -1.66. The number of quaternary nitrogens is 1. The smallest absolute Gasteiger partial charge is 0.279 e. The molecule has 3 rings (SSSR count). The Morgan fingerprint density at radius 3 is 2.31 bits per heavy atom. The first-order valence-electron chi connectivity index (χ1n) is 8.77. The number of halogens is 3. The zero-order valence-corrected chi connectivity index (χ0v) is 15.5. The van der Waals surface area contributed by atoms with Gasteiger partial charge in [0.05, 0.1) is 12.7 Å². The Kier molecular flexibility index (Phi) is 6.23. The van der Waals surface area contributed by atoms with Crippen molar-refractivity contribution in [3.8, 4) is 11.5 Å². The molecule has 29 heavy (non-hydrogen) atoms. The van der Waals surface area contributed by atoms with E-state index in [2.05, 4.69) is 10.6 Å². The predicted molar refractivity (Wildman–Crippen MR) is 97.6 cm³/mol. The van der Waals surface area contributed by atoms with Gasteiger partial charge in [-0.15, -0.1) is 0 Å². The maximum atomic E-state index is 13.6. The Hall–Kier alpha value is -3.27. The van der Waals surface area contributed by atoms with Crippen LogP contribution in [0.3, 0.4) is 0 Å². The van der Waals surface area contributed by atoms with Crippen molar-refractivity contribution in [3.63, 3.8) is 0 Å². The average Bonchev–Trinajstić information content (AvgIpc) is 2.68. The number of carbonyl (C=O) groups excluding carboxylic acids is 2. The SMILES string of the molecule is C[NH+](CC(=O)Nc1ccc2c(c1)OCCO2)CC(=O)Nc1ccc(F)c(F)c1F. The van der Waals surface area contributed by atoms with Gasteiger partial charge in [-0.3, -0.25) is 9.59 Å². The molecule has 2 amide bonds. The zero-order valence-electron chi connectivity index (χ0n) is 15.5. The lowest BCUT2D eigenvalue weighted by Gasteiger charge is -2.19. The molecule has 0 bridgehead atoms. The van der Waals surface area contributed by atoms with Crippen molar-refractivity contribution in [1.29, 1.82) is 0 Å². The predicted octanol–water partition coefficient (Wildman–Crippen LogP) is 0.967. The monoisotopic (exact) mass is 410 g/mol. The Bertz CT molecular complexity index is 939. The van der Waals surface area contributed by atoms with Crippen LogP contribution in [-0.4, -0.2) is 45.2 Å². The van der Waals surface area contributed by atoms with Gasteiger partial charge in [-0.2, -0.15) is 0 Å². The van der Waals surface area contributed by atoms with Crippen LogP contribution in [0.5, 0.6) is 11.5 Å². The number of fused-ring (bicyclic) bond motifs is 1. The molecule has 0 aliphatic carbocycles. The van der Waals surface area contributed by atoms with Gasteiger partial charge in [0.15, 0.2) is 42.0 Å². The molecule has 1 heterocycles. The van der Waals surface area contributed by atoms with Gasteiger partial charge in [-0.25, -0.2) is 13.2 Å². The van der Waals surface area contributed by atoms with Gasteiger partial charge >= 0.3 is 0 Å². The van der Waals surface area contributed by atoms with Crippen LogP contribution in [0.1, 0.15) is 0 Å². The second-order valence-electron chi connectivity index (χ2n) is 6.49. The van der Waals surface area contributed by atoms with Gasteiger partial charge < -0.3 is 25.0 Å². The van der Waals surface area contributed by atoms with E-state index in [9.17, 15) is 22.8 Å². The minimum absolute atomic E-state index is 0.0534. The molecule has 1 aliphatic heterocycles. The third-order valence-electron chi connectivity index (χ3n) is 4.06. The molecule has 154 valence electrons. The highest BCUT2D eigenvalue weighted by molar-refractivity contribution is 5.93. The maximum absolute atomic E-state index is 13.6. The zero-order chi connectivity index (χ0) is 21.0. The number of anilines is 2. The molecule has 10 heteroatoms. The first-order valence-corrected chi connectivity index (χ1v) is 8.77. The number of likely N-dealkylation sites (N-methyl/N-ethyl adjacent to an activating group) is 1. The second kappa shape index (κ2) is 8.82. The molecule has 1 atom stereocenters. The highest BCUT2D eigenvalue weighted by atomic mass is 19.2. The van der Waals surface area contributed by atoms with Crippen LogP contribution in [-0.2, 0) is 9.59 Å². The van der Waals surface area contributed by atoms with Crippen molar-refractivity contribution in [2.45, 2.75) is 0 Å². The summed E-state index contributed by atoms with van der Waals surface area (Å²) in [5, 5.41) is 4.85. The van der Waals surface area contributed by atoms with E-state index in [1.807, 2.05) is 0 Å². The summed E-state index contributed by atoms with van der Waals surface area (Å²) in [6, 6.07) is 6.63. The van der Waals surface area contributed by atoms with E-state index in [1.54, 1.807) is 25.2 Å². The molecule has 0 aromatic heterocycles. The van der Waals surface area contributed by atoms with E-state index >= 15 is 0 Å². The minimum Gasteiger partial charge on any atom is -0.486 e. The molecular weight excluding hydrogens is 391 g/mol. The van der Waals surface area contributed by atoms with Crippen molar-refractivity contribution >= 4 is 23.2 Å². The molecule has 1 aliphatic rings. The molecule has 0 fully saturated rings. The van der Waals surface area contributed by atoms with Gasteiger partial charge in [0.25, 0.3) is 11.8 Å². The van der Waals surface area contributed by atoms with Crippen LogP contribution in [0.4, 0.5) is 24.5 Å². The number of amides is 2. The van der Waals surface area contributed by atoms with E-state index in [0.29, 0.717) is 41.4 Å². The average molecular weight is 410 g/mol. The summed E-state index contributed by atoms with van der Waals surface area (Å²) in [7, 11) is 1.59. The van der Waals surface area contributed by atoms with Crippen LogP contribution < -0.4 is 25.0 Å². The number of carbonyl (C=O) groups is 2. The Labute approximate surface area is 164 Å². The van der Waals surface area contributed by atoms with Crippen molar-refractivity contribution in [2.24, 2.45) is 0 Å². The van der Waals surface area contributed by atoms with Crippen LogP contribution in [0.2, 0.25) is 0 Å². The Morgan fingerprint density at radius 1 is 0.931 bits per heavy atom. The molecule has 0 radical (unpaired) electrons. The van der Waals surface area contributed by atoms with Crippen molar-refractivity contribution < 1.29 is 37.1 Å². The molecule has 2 aromatic carbocycles. The quantitative estimate of drug-likeness (QED) is 0.620. The van der Waals surface area contributed by atoms with E-state index in [1.165, 1.54) is 0 Å². The highest BCUT2D eigenvalue weighted by Gasteiger charge is 2.19. The Morgan fingerprint density at radius 2 is 1.59 bits per heavy atom. The number of hydrogen-bond acceptors (Lipinski definition) is 4. The van der Waals surface area contributed by atoms with E-state index in [4.69, 9.17) is 9.47 Å². The molecule has 7 nitrogen and oxygen atoms in total. The largest absolute Gasteiger partial charge is 0.486 e. The van der Waals surface area contributed by atoms with E-state index in [-0.39, 0.29) is 19.0 Å². The molecular formula is C19H19F3N3O4+. The third-order valence-corrected chi connectivity index (χ3v) is 4.06. The van der Waals surface area contributed by atoms with Gasteiger partial charge in [0.1, 0.15) is 13.2 Å². The van der Waals surface area contributed by atoms with Gasteiger partial charge in [0.2, 0.25) is 0 Å². The highest BCUT2D eigenvalue weighted by Crippen LogP contribution is 2.32. The third kappa shape index (κ3) is 5.17. The summed E-state index contributed by atoms with van der Waals surface area (Å²) in [5.74, 6) is -4.37. The summed E-state index contributed by atoms with van der Waals surface area (Å²) < 4.78 is 50.6. The summed E-state index contributed by atoms with van der Waals surface area (Å²) in [6.07, 6.45) is 0. The fourth-order valence-corrected chi connectivity index (χ4v) is 2.75. The first-order chi connectivity index (χ1) is 13.8. The van der Waals surface area contributed by atoms with Crippen molar-refractivity contribution in [1.82, 2.24) is 0 Å². The van der Waals surface area contributed by atoms with Crippen LogP contribution in [0, 0.1) is 17.5 Å². The van der Waals surface area contributed by atoms with Crippen molar-refractivity contribution in [2.75, 3.05) is 44.0 Å². The Balaban J connectivity index is 1.51. The molecule has 0 spiro atoms. The molecule has 3 N–H and O–H groups in total. The summed E-state index contributed by atoms with van der Waals surface area (Å²) in [5.41, 5.74) is 0.0442. The summed E-state index contributed by atoms with van der Waals surface area (Å²) in [4.78, 5) is 24.7. The first kappa shape index (κ1) is 20.5. The lowest BCUT2D eigenvalue weighted by Crippen LogP contribution is -3.11. The van der Waals surface area contributed by atoms with Crippen LogP contribution >= 0.6 is 0 Å². The fraction of sp³-hybridized carbons (Fsp3) is 0.263. The topological polar surface area (TPSA) is 81.1 Å². The van der Waals surface area contributed by atoms with E-state index < -0.39 is 29.0 Å². The molecule has 1 unspecified atom stereocenters. The molecule has 0 saturated heterocycles. The second-order valence-corrected chi connectivity index (χ2v) is 6.49. The summed E-state index contributed by atoms with van der Waals surface area (Å²) >= 11 is 0. The number of rotatable bonds is 6. The molecule has 2 aromatic rings. The number of benzene rings is 2.